The first-order valence-corrected chi connectivity index (χ1v) is 8.53. The van der Waals surface area contributed by atoms with E-state index in [0.29, 0.717) is 33.1 Å². The molecular weight excluding hydrogens is 368 g/mol. The molecule has 0 radical (unpaired) electrons. The third-order valence-electron chi connectivity index (χ3n) is 4.16. The van der Waals surface area contributed by atoms with E-state index in [9.17, 15) is 9.90 Å². The van der Waals surface area contributed by atoms with Crippen molar-refractivity contribution in [2.75, 3.05) is 6.61 Å². The number of aromatic nitrogens is 5. The predicted octanol–water partition coefficient (Wildman–Crippen LogP) is 2.46. The average molecular weight is 383 g/mol. The SMILES string of the molecule is O=C(NC(CO)c1cccc(Cl)c1)c1cc(-c2ncnc3[nH]cnc23)c[nH]1. The van der Waals surface area contributed by atoms with Gasteiger partial charge in [-0.15, -0.1) is 0 Å². The molecule has 0 fully saturated rings. The number of carbonyl (C=O) groups excluding carboxylic acids is 1. The van der Waals surface area contributed by atoms with Crippen molar-refractivity contribution in [1.82, 2.24) is 30.2 Å². The summed E-state index contributed by atoms with van der Waals surface area (Å²) in [5.74, 6) is -0.354. The fourth-order valence-corrected chi connectivity index (χ4v) is 3.03. The topological polar surface area (TPSA) is 120 Å². The summed E-state index contributed by atoms with van der Waals surface area (Å²) in [6.45, 7) is -0.251. The molecule has 1 unspecified atom stereocenters. The van der Waals surface area contributed by atoms with Gasteiger partial charge in [0.05, 0.1) is 19.0 Å². The minimum Gasteiger partial charge on any atom is -0.394 e. The van der Waals surface area contributed by atoms with Crippen LogP contribution in [0.4, 0.5) is 0 Å². The maximum absolute atomic E-state index is 12.6. The van der Waals surface area contributed by atoms with E-state index in [0.717, 1.165) is 5.56 Å². The number of fused-ring (bicyclic) bond motifs is 1. The van der Waals surface area contributed by atoms with Gasteiger partial charge >= 0.3 is 0 Å². The molecule has 4 aromatic rings. The van der Waals surface area contributed by atoms with Crippen molar-refractivity contribution in [3.8, 4) is 11.3 Å². The van der Waals surface area contributed by atoms with Crippen molar-refractivity contribution in [2.24, 2.45) is 0 Å². The molecule has 0 saturated heterocycles. The molecule has 3 heterocycles. The van der Waals surface area contributed by atoms with Gasteiger partial charge in [-0.05, 0) is 23.8 Å². The normalized spacial score (nSPS) is 12.2. The largest absolute Gasteiger partial charge is 0.394 e. The molecule has 27 heavy (non-hydrogen) atoms. The second-order valence-corrected chi connectivity index (χ2v) is 6.32. The smallest absolute Gasteiger partial charge is 0.268 e. The monoisotopic (exact) mass is 382 g/mol. The van der Waals surface area contributed by atoms with Gasteiger partial charge in [0.1, 0.15) is 23.2 Å². The van der Waals surface area contributed by atoms with Crippen LogP contribution in [0.5, 0.6) is 0 Å². The van der Waals surface area contributed by atoms with Gasteiger partial charge in [-0.3, -0.25) is 4.79 Å². The van der Waals surface area contributed by atoms with Crippen LogP contribution in [0.1, 0.15) is 22.1 Å². The summed E-state index contributed by atoms with van der Waals surface area (Å²) in [6, 6.07) is 8.11. The van der Waals surface area contributed by atoms with Gasteiger partial charge < -0.3 is 20.4 Å². The molecule has 0 saturated carbocycles. The van der Waals surface area contributed by atoms with Crippen LogP contribution in [0.25, 0.3) is 22.4 Å². The number of aromatic amines is 2. The number of hydrogen-bond donors (Lipinski definition) is 4. The van der Waals surface area contributed by atoms with Gasteiger partial charge in [0.15, 0.2) is 5.65 Å². The predicted molar refractivity (Wildman–Crippen MR) is 100 cm³/mol. The molecule has 0 bridgehead atoms. The highest BCUT2D eigenvalue weighted by atomic mass is 35.5. The van der Waals surface area contributed by atoms with E-state index < -0.39 is 6.04 Å². The highest BCUT2D eigenvalue weighted by Crippen LogP contribution is 2.24. The fraction of sp³-hybridized carbons (Fsp3) is 0.111. The second kappa shape index (κ2) is 7.18. The van der Waals surface area contributed by atoms with Crippen LogP contribution < -0.4 is 5.32 Å². The summed E-state index contributed by atoms with van der Waals surface area (Å²) in [5, 5.41) is 13.0. The molecule has 0 aliphatic heterocycles. The first-order chi connectivity index (χ1) is 13.2. The molecule has 0 spiro atoms. The molecule has 136 valence electrons. The number of benzene rings is 1. The Labute approximate surface area is 158 Å². The Balaban J connectivity index is 1.57. The van der Waals surface area contributed by atoms with Gasteiger partial charge in [0.25, 0.3) is 5.91 Å². The number of H-pyrrole nitrogens is 2. The van der Waals surface area contributed by atoms with Crippen molar-refractivity contribution < 1.29 is 9.90 Å². The van der Waals surface area contributed by atoms with Gasteiger partial charge in [-0.25, -0.2) is 15.0 Å². The van der Waals surface area contributed by atoms with E-state index in [4.69, 9.17) is 11.6 Å². The molecule has 8 nitrogen and oxygen atoms in total. The number of amides is 1. The maximum atomic E-state index is 12.6. The van der Waals surface area contributed by atoms with Crippen LogP contribution in [0.2, 0.25) is 5.02 Å². The van der Waals surface area contributed by atoms with Crippen molar-refractivity contribution in [3.05, 3.63) is 65.5 Å². The Morgan fingerprint density at radius 3 is 2.93 bits per heavy atom. The number of imidazole rings is 1. The van der Waals surface area contributed by atoms with Crippen molar-refractivity contribution in [3.63, 3.8) is 0 Å². The van der Waals surface area contributed by atoms with E-state index in [2.05, 4.69) is 30.2 Å². The molecule has 4 rings (SSSR count). The van der Waals surface area contributed by atoms with Gasteiger partial charge in [-0.1, -0.05) is 23.7 Å². The van der Waals surface area contributed by atoms with Crippen molar-refractivity contribution in [1.29, 1.82) is 0 Å². The number of nitrogens with zero attached hydrogens (tertiary/aromatic N) is 3. The summed E-state index contributed by atoms with van der Waals surface area (Å²) >= 11 is 5.99. The second-order valence-electron chi connectivity index (χ2n) is 5.89. The summed E-state index contributed by atoms with van der Waals surface area (Å²) < 4.78 is 0. The molecule has 1 amide bonds. The van der Waals surface area contributed by atoms with Gasteiger partial charge in [0, 0.05) is 16.8 Å². The highest BCUT2D eigenvalue weighted by molar-refractivity contribution is 6.30. The fourth-order valence-electron chi connectivity index (χ4n) is 2.83. The zero-order valence-electron chi connectivity index (χ0n) is 14.0. The maximum Gasteiger partial charge on any atom is 0.268 e. The Morgan fingerprint density at radius 2 is 2.11 bits per heavy atom. The molecule has 0 aliphatic carbocycles. The Hall–Kier alpha value is -3.23. The Kier molecular flexibility index (Phi) is 4.57. The standard InChI is InChI=1S/C18H15ClN6O2/c19-12-3-1-2-10(4-12)14(7-26)25-18(27)13-5-11(6-20-13)15-16-17(23-8-21-15)24-9-22-16/h1-6,8-9,14,20,26H,7H2,(H,25,27)(H,21,22,23,24). The highest BCUT2D eigenvalue weighted by Gasteiger charge is 2.18. The van der Waals surface area contributed by atoms with E-state index >= 15 is 0 Å². The summed E-state index contributed by atoms with van der Waals surface area (Å²) in [5.41, 5.74) is 3.63. The Bertz CT molecular complexity index is 1110. The van der Waals surface area contributed by atoms with Crippen LogP contribution in [0.15, 0.2) is 49.2 Å². The molecule has 0 aliphatic rings. The lowest BCUT2D eigenvalue weighted by Gasteiger charge is -2.16. The number of carbonyl (C=O) groups is 1. The molecular formula is C18H15ClN6O2. The quantitative estimate of drug-likeness (QED) is 0.422. The van der Waals surface area contributed by atoms with Crippen LogP contribution in [-0.4, -0.2) is 42.5 Å². The molecule has 9 heteroatoms. The summed E-state index contributed by atoms with van der Waals surface area (Å²) in [4.78, 5) is 31.0. The molecule has 1 aromatic carbocycles. The lowest BCUT2D eigenvalue weighted by Crippen LogP contribution is -2.31. The lowest BCUT2D eigenvalue weighted by atomic mass is 10.1. The first-order valence-electron chi connectivity index (χ1n) is 8.16. The van der Waals surface area contributed by atoms with Crippen LogP contribution in [0.3, 0.4) is 0 Å². The third-order valence-corrected chi connectivity index (χ3v) is 4.39. The lowest BCUT2D eigenvalue weighted by molar-refractivity contribution is 0.0912. The van der Waals surface area contributed by atoms with Crippen molar-refractivity contribution in [2.45, 2.75) is 6.04 Å². The minimum atomic E-state index is -0.569. The summed E-state index contributed by atoms with van der Waals surface area (Å²) in [6.07, 6.45) is 4.65. The molecule has 4 N–H and O–H groups in total. The van der Waals surface area contributed by atoms with E-state index in [1.165, 1.54) is 6.33 Å². The minimum absolute atomic E-state index is 0.251. The van der Waals surface area contributed by atoms with Crippen LogP contribution in [-0.2, 0) is 0 Å². The number of aliphatic hydroxyl groups is 1. The number of nitrogens with one attached hydrogen (secondary N) is 3. The number of rotatable bonds is 5. The van der Waals surface area contributed by atoms with Crippen LogP contribution >= 0.6 is 11.6 Å². The number of aliphatic hydroxyl groups excluding tert-OH is 1. The number of halogens is 1. The van der Waals surface area contributed by atoms with E-state index in [-0.39, 0.29) is 12.5 Å². The zero-order chi connectivity index (χ0) is 18.8. The first kappa shape index (κ1) is 17.2. The third kappa shape index (κ3) is 3.40. The van der Waals surface area contributed by atoms with Gasteiger partial charge in [-0.2, -0.15) is 0 Å². The van der Waals surface area contributed by atoms with Crippen molar-refractivity contribution >= 4 is 28.7 Å². The summed E-state index contributed by atoms with van der Waals surface area (Å²) in [7, 11) is 0. The van der Waals surface area contributed by atoms with Gasteiger partial charge in [0.2, 0.25) is 0 Å². The molecule has 3 aromatic heterocycles. The number of hydrogen-bond acceptors (Lipinski definition) is 5. The van der Waals surface area contributed by atoms with E-state index in [1.54, 1.807) is 42.9 Å². The average Bonchev–Trinajstić information content (AvgIpc) is 3.35. The van der Waals surface area contributed by atoms with E-state index in [1.807, 2.05) is 0 Å². The zero-order valence-corrected chi connectivity index (χ0v) is 14.7. The Morgan fingerprint density at radius 1 is 1.22 bits per heavy atom. The molecule has 1 atom stereocenters. The van der Waals surface area contributed by atoms with Crippen LogP contribution in [0, 0.1) is 0 Å².